The van der Waals surface area contributed by atoms with Gasteiger partial charge in [-0.15, -0.1) is 45.3 Å². The summed E-state index contributed by atoms with van der Waals surface area (Å²) in [5, 5.41) is 5.33. The molecule has 26 heavy (non-hydrogen) atoms. The molecule has 0 saturated heterocycles. The van der Waals surface area contributed by atoms with Crippen molar-refractivity contribution in [3.63, 3.8) is 0 Å². The summed E-state index contributed by atoms with van der Waals surface area (Å²) in [6.07, 6.45) is 0. The molecule has 6 heteroatoms. The molecule has 0 unspecified atom stereocenters. The minimum Gasteiger partial charge on any atom is -0.134 e. The lowest BCUT2D eigenvalue weighted by atomic mass is 10.2. The van der Waals surface area contributed by atoms with Crippen molar-refractivity contribution in [1.29, 1.82) is 0 Å². The number of rotatable bonds is 1. The van der Waals surface area contributed by atoms with E-state index in [-0.39, 0.29) is 0 Å². The number of hydrogen-bond donors (Lipinski definition) is 0. The molecule has 6 rings (SSSR count). The highest BCUT2D eigenvalue weighted by Crippen LogP contribution is 2.43. The van der Waals surface area contributed by atoms with Crippen LogP contribution < -0.4 is 0 Å². The van der Waals surface area contributed by atoms with Crippen molar-refractivity contribution < 1.29 is 0 Å². The Bertz CT molecular complexity index is 1250. The monoisotopic (exact) mass is 534 g/mol. The van der Waals surface area contributed by atoms with Crippen LogP contribution in [-0.4, -0.2) is 0 Å². The van der Waals surface area contributed by atoms with Crippen LogP contribution in [0.2, 0.25) is 0 Å². The summed E-state index contributed by atoms with van der Waals surface area (Å²) in [7, 11) is 0. The van der Waals surface area contributed by atoms with Gasteiger partial charge in [0.25, 0.3) is 0 Å². The van der Waals surface area contributed by atoms with Crippen molar-refractivity contribution in [3.8, 4) is 9.75 Å². The normalized spacial score (nSPS) is 12.2. The van der Waals surface area contributed by atoms with Crippen LogP contribution in [-0.2, 0) is 0 Å². The quantitative estimate of drug-likeness (QED) is 0.196. The molecule has 0 radical (unpaired) electrons. The summed E-state index contributed by atoms with van der Waals surface area (Å²) in [6.45, 7) is 0. The molecule has 0 N–H and O–H groups in total. The molecule has 0 aliphatic rings. The molecule has 126 valence electrons. The van der Waals surface area contributed by atoms with Crippen molar-refractivity contribution in [2.45, 2.75) is 0 Å². The fourth-order valence-corrected chi connectivity index (χ4v) is 8.75. The van der Waals surface area contributed by atoms with Gasteiger partial charge in [-0.3, -0.25) is 0 Å². The maximum atomic E-state index is 3.60. The minimum atomic E-state index is 1.20. The first-order chi connectivity index (χ1) is 12.6. The van der Waals surface area contributed by atoms with E-state index in [0.717, 1.165) is 0 Å². The summed E-state index contributed by atoms with van der Waals surface area (Å²) >= 11 is 14.6. The maximum absolute atomic E-state index is 3.60. The van der Waals surface area contributed by atoms with Crippen LogP contribution in [0.25, 0.3) is 50.1 Å². The molecule has 6 aromatic rings. The van der Waals surface area contributed by atoms with E-state index in [4.69, 9.17) is 0 Å². The van der Waals surface area contributed by atoms with Gasteiger partial charge in [0.05, 0.1) is 7.57 Å². The van der Waals surface area contributed by atoms with Gasteiger partial charge in [0.1, 0.15) is 0 Å². The molecule has 0 fully saturated rings. The molecular weight excluding hydrogens is 528 g/mol. The van der Waals surface area contributed by atoms with Gasteiger partial charge in [0.15, 0.2) is 0 Å². The third kappa shape index (κ3) is 2.54. The van der Waals surface area contributed by atoms with Crippen molar-refractivity contribution >= 4 is 118 Å². The van der Waals surface area contributed by atoms with Crippen molar-refractivity contribution in [2.24, 2.45) is 0 Å². The zero-order valence-corrected chi connectivity index (χ0v) is 19.4. The molecule has 0 amide bonds. The average molecular weight is 536 g/mol. The predicted molar refractivity (Wildman–Crippen MR) is 129 cm³/mol. The van der Waals surface area contributed by atoms with Crippen LogP contribution in [0.1, 0.15) is 0 Å². The highest BCUT2D eigenvalue weighted by Gasteiger charge is 2.12. The Labute approximate surface area is 182 Å². The zero-order valence-electron chi connectivity index (χ0n) is 13.0. The zero-order chi connectivity index (χ0) is 17.4. The van der Waals surface area contributed by atoms with E-state index >= 15 is 0 Å². The van der Waals surface area contributed by atoms with E-state index in [2.05, 4.69) is 80.4 Å². The van der Waals surface area contributed by atoms with Gasteiger partial charge in [-0.1, -0.05) is 0 Å². The summed E-state index contributed by atoms with van der Waals surface area (Å²) < 4.78 is 7.80. The molecule has 2 aromatic carbocycles. The summed E-state index contributed by atoms with van der Waals surface area (Å²) in [5.41, 5.74) is 0. The van der Waals surface area contributed by atoms with E-state index in [9.17, 15) is 0 Å². The van der Waals surface area contributed by atoms with E-state index < -0.39 is 0 Å². The molecule has 4 heterocycles. The standard InChI is InChI=1S/C20H8Br2S4/c21-19-7-11-3-13-9(1-15(11)25-19)5-17(23-13)18-6-10-2-16-12(4-14(10)24-18)8-20(22)26-16/h1-8H. The van der Waals surface area contributed by atoms with Gasteiger partial charge in [-0.25, -0.2) is 0 Å². The third-order valence-electron chi connectivity index (χ3n) is 4.49. The van der Waals surface area contributed by atoms with Gasteiger partial charge in [0.2, 0.25) is 0 Å². The van der Waals surface area contributed by atoms with E-state index in [1.165, 1.54) is 57.7 Å². The Balaban J connectivity index is 1.54. The van der Waals surface area contributed by atoms with Crippen LogP contribution in [0.4, 0.5) is 0 Å². The van der Waals surface area contributed by atoms with Crippen molar-refractivity contribution in [2.75, 3.05) is 0 Å². The van der Waals surface area contributed by atoms with Gasteiger partial charge in [0, 0.05) is 28.6 Å². The number of halogens is 2. The largest absolute Gasteiger partial charge is 0.134 e. The van der Waals surface area contributed by atoms with Crippen molar-refractivity contribution in [3.05, 3.63) is 56.1 Å². The van der Waals surface area contributed by atoms with E-state index in [1.807, 2.05) is 22.7 Å². The molecular formula is C20H8Br2S4. The van der Waals surface area contributed by atoms with Crippen molar-refractivity contribution in [1.82, 2.24) is 0 Å². The fraction of sp³-hybridized carbons (Fsp3) is 0. The maximum Gasteiger partial charge on any atom is 0.0711 e. The Morgan fingerprint density at radius 2 is 0.769 bits per heavy atom. The minimum absolute atomic E-state index is 1.20. The first-order valence-electron chi connectivity index (χ1n) is 7.88. The molecule has 0 spiro atoms. The van der Waals surface area contributed by atoms with E-state index in [0.29, 0.717) is 0 Å². The second-order valence-corrected chi connectivity index (χ2v) is 13.3. The highest BCUT2D eigenvalue weighted by atomic mass is 79.9. The first-order valence-corrected chi connectivity index (χ1v) is 12.7. The molecule has 0 aliphatic heterocycles. The Hall–Kier alpha value is -0.760. The second-order valence-electron chi connectivity index (χ2n) is 6.18. The highest BCUT2D eigenvalue weighted by molar-refractivity contribution is 9.11. The summed E-state index contributed by atoms with van der Waals surface area (Å²) in [4.78, 5) is 2.73. The van der Waals surface area contributed by atoms with Crippen LogP contribution >= 0.6 is 77.2 Å². The van der Waals surface area contributed by atoms with Crippen LogP contribution in [0.5, 0.6) is 0 Å². The Morgan fingerprint density at radius 3 is 1.19 bits per heavy atom. The summed E-state index contributed by atoms with van der Waals surface area (Å²) in [5.74, 6) is 0. The lowest BCUT2D eigenvalue weighted by molar-refractivity contribution is 1.98. The van der Waals surface area contributed by atoms with Gasteiger partial charge < -0.3 is 0 Å². The first kappa shape index (κ1) is 16.2. The number of thiophene rings is 4. The fourth-order valence-electron chi connectivity index (χ4n) is 3.32. The lowest BCUT2D eigenvalue weighted by Crippen LogP contribution is -1.62. The molecule has 0 bridgehead atoms. The lowest BCUT2D eigenvalue weighted by Gasteiger charge is -1.89. The molecule has 0 nitrogen and oxygen atoms in total. The Morgan fingerprint density at radius 1 is 0.423 bits per heavy atom. The average Bonchev–Trinajstić information content (AvgIpc) is 3.31. The molecule has 0 saturated carbocycles. The van der Waals surface area contributed by atoms with Gasteiger partial charge in [-0.2, -0.15) is 0 Å². The number of benzene rings is 2. The number of hydrogen-bond acceptors (Lipinski definition) is 4. The smallest absolute Gasteiger partial charge is 0.0711 e. The Kier molecular flexibility index (Phi) is 3.66. The molecule has 0 aliphatic carbocycles. The molecule has 4 aromatic heterocycles. The SMILES string of the molecule is Brc1cc2cc3sc(-c4cc5cc6sc(Br)cc6cc5s4)cc3cc2s1. The predicted octanol–water partition coefficient (Wildman–Crippen LogP) is 9.74. The van der Waals surface area contributed by atoms with Gasteiger partial charge >= 0.3 is 0 Å². The summed E-state index contributed by atoms with van der Waals surface area (Å²) in [6, 6.07) is 18.4. The topological polar surface area (TPSA) is 0 Å². The second kappa shape index (κ2) is 5.87. The van der Waals surface area contributed by atoms with E-state index in [1.54, 1.807) is 22.7 Å². The van der Waals surface area contributed by atoms with Crippen LogP contribution in [0.15, 0.2) is 56.1 Å². The molecule has 0 atom stereocenters. The van der Waals surface area contributed by atoms with Crippen LogP contribution in [0.3, 0.4) is 0 Å². The number of fused-ring (bicyclic) bond motifs is 4. The van der Waals surface area contributed by atoms with Crippen LogP contribution in [0, 0.1) is 0 Å². The third-order valence-corrected chi connectivity index (χ3v) is 10.1. The van der Waals surface area contributed by atoms with Gasteiger partial charge in [-0.05, 0) is 102 Å².